The van der Waals surface area contributed by atoms with Crippen molar-refractivity contribution in [3.8, 4) is 0 Å². The van der Waals surface area contributed by atoms with Crippen molar-refractivity contribution in [2.75, 3.05) is 34.2 Å². The fourth-order valence-electron chi connectivity index (χ4n) is 1.03. The summed E-state index contributed by atoms with van der Waals surface area (Å²) in [6.07, 6.45) is 0. The Morgan fingerprint density at radius 2 is 1.69 bits per heavy atom. The Balaban J connectivity index is 2.43. The summed E-state index contributed by atoms with van der Waals surface area (Å²) in [4.78, 5) is 2.12. The largest absolute Gasteiger partial charge is 0.308 e. The topological polar surface area (TPSA) is 31.2 Å². The van der Waals surface area contributed by atoms with E-state index in [0.717, 1.165) is 23.2 Å². The average Bonchev–Trinajstić information content (AvgIpc) is 2.25. The molecule has 0 aromatic heterocycles. The van der Waals surface area contributed by atoms with Crippen LogP contribution >= 0.6 is 15.9 Å². The molecule has 0 saturated carbocycles. The summed E-state index contributed by atoms with van der Waals surface area (Å²) in [7, 11) is 6.01. The maximum atomic E-state index is 4.14. The van der Waals surface area contributed by atoms with Gasteiger partial charge in [-0.15, -0.1) is 5.11 Å². The van der Waals surface area contributed by atoms with Gasteiger partial charge in [-0.2, -0.15) is 0 Å². The Morgan fingerprint density at radius 1 is 1.06 bits per heavy atom. The lowest BCUT2D eigenvalue weighted by molar-refractivity contribution is 0.279. The van der Waals surface area contributed by atoms with E-state index in [1.54, 1.807) is 0 Å². The molecule has 0 fully saturated rings. The van der Waals surface area contributed by atoms with Crippen LogP contribution in [-0.2, 0) is 0 Å². The Bertz CT molecular complexity index is 334. The second kappa shape index (κ2) is 6.60. The fraction of sp³-hybridized carbons (Fsp3) is 0.455. The van der Waals surface area contributed by atoms with Crippen LogP contribution in [0.2, 0.25) is 0 Å². The fourth-order valence-corrected chi connectivity index (χ4v) is 1.29. The van der Waals surface area contributed by atoms with Crippen molar-refractivity contribution in [1.29, 1.82) is 0 Å². The van der Waals surface area contributed by atoms with E-state index in [4.69, 9.17) is 0 Å². The van der Waals surface area contributed by atoms with Crippen LogP contribution in [0.3, 0.4) is 0 Å². The summed E-state index contributed by atoms with van der Waals surface area (Å²) in [6.45, 7) is 1.84. The molecule has 0 aliphatic carbocycles. The minimum Gasteiger partial charge on any atom is -0.308 e. The number of nitrogens with zero attached hydrogens (tertiary/aromatic N) is 4. The maximum Gasteiger partial charge on any atom is 0.0875 e. The lowest BCUT2D eigenvalue weighted by Gasteiger charge is -2.14. The smallest absolute Gasteiger partial charge is 0.0875 e. The third-order valence-electron chi connectivity index (χ3n) is 2.01. The molecule has 5 heteroatoms. The first-order chi connectivity index (χ1) is 7.58. The predicted molar refractivity (Wildman–Crippen MR) is 69.8 cm³/mol. The zero-order chi connectivity index (χ0) is 12.0. The van der Waals surface area contributed by atoms with E-state index in [9.17, 15) is 0 Å². The number of hydrogen-bond donors (Lipinski definition) is 0. The number of likely N-dealkylation sites (N-methyl/N-ethyl adjacent to an activating group) is 2. The van der Waals surface area contributed by atoms with Crippen LogP contribution < -0.4 is 0 Å². The minimum absolute atomic E-state index is 0.861. The first-order valence-corrected chi connectivity index (χ1v) is 5.90. The molecule has 0 bridgehead atoms. The highest BCUT2D eigenvalue weighted by Gasteiger charge is 1.95. The highest BCUT2D eigenvalue weighted by atomic mass is 79.9. The lowest BCUT2D eigenvalue weighted by Crippen LogP contribution is -2.24. The van der Waals surface area contributed by atoms with Gasteiger partial charge in [-0.1, -0.05) is 21.2 Å². The van der Waals surface area contributed by atoms with Gasteiger partial charge in [0.1, 0.15) is 0 Å². The van der Waals surface area contributed by atoms with Gasteiger partial charge in [-0.3, -0.25) is 5.01 Å². The molecule has 0 unspecified atom stereocenters. The Labute approximate surface area is 105 Å². The van der Waals surface area contributed by atoms with Crippen molar-refractivity contribution < 1.29 is 0 Å². The van der Waals surface area contributed by atoms with Crippen LogP contribution in [0, 0.1) is 0 Å². The number of halogens is 1. The molecule has 4 nitrogen and oxygen atoms in total. The summed E-state index contributed by atoms with van der Waals surface area (Å²) < 4.78 is 1.05. The van der Waals surface area contributed by atoms with Gasteiger partial charge in [0.2, 0.25) is 0 Å². The van der Waals surface area contributed by atoms with Gasteiger partial charge >= 0.3 is 0 Å². The van der Waals surface area contributed by atoms with E-state index in [2.05, 4.69) is 31.2 Å². The molecule has 0 spiro atoms. The molecule has 0 aliphatic rings. The van der Waals surface area contributed by atoms with Gasteiger partial charge in [0, 0.05) is 18.1 Å². The van der Waals surface area contributed by atoms with Crippen molar-refractivity contribution in [2.45, 2.75) is 0 Å². The number of hydrogen-bond acceptors (Lipinski definition) is 3. The number of rotatable bonds is 5. The standard InChI is InChI=1S/C11H17BrN4/c1-15(2)8-9-16(3)14-13-11-6-4-10(12)5-7-11/h4-7H,8-9H2,1-3H3. The summed E-state index contributed by atoms with van der Waals surface area (Å²) in [5.74, 6) is 0. The van der Waals surface area contributed by atoms with Crippen molar-refractivity contribution in [3.63, 3.8) is 0 Å². The van der Waals surface area contributed by atoms with Crippen molar-refractivity contribution in [1.82, 2.24) is 9.91 Å². The van der Waals surface area contributed by atoms with Gasteiger partial charge in [-0.25, -0.2) is 0 Å². The van der Waals surface area contributed by atoms with Crippen molar-refractivity contribution in [2.24, 2.45) is 10.3 Å². The quantitative estimate of drug-likeness (QED) is 0.615. The third kappa shape index (κ3) is 5.23. The highest BCUT2D eigenvalue weighted by molar-refractivity contribution is 9.10. The van der Waals surface area contributed by atoms with Crippen molar-refractivity contribution >= 4 is 21.6 Å². The molecule has 0 N–H and O–H groups in total. The molecule has 0 aliphatic heterocycles. The minimum atomic E-state index is 0.861. The summed E-state index contributed by atoms with van der Waals surface area (Å²) in [5.41, 5.74) is 0.861. The molecule has 0 radical (unpaired) electrons. The zero-order valence-corrected chi connectivity index (χ0v) is 11.5. The molecule has 0 saturated heterocycles. The molecule has 1 rings (SSSR count). The molecular formula is C11H17BrN4. The predicted octanol–water partition coefficient (Wildman–Crippen LogP) is 2.94. The van der Waals surface area contributed by atoms with E-state index in [0.29, 0.717) is 0 Å². The van der Waals surface area contributed by atoms with Crippen LogP contribution in [0.4, 0.5) is 5.69 Å². The van der Waals surface area contributed by atoms with E-state index in [-0.39, 0.29) is 0 Å². The van der Waals surface area contributed by atoms with Gasteiger partial charge in [0.05, 0.1) is 12.2 Å². The maximum absolute atomic E-state index is 4.14. The first-order valence-electron chi connectivity index (χ1n) is 5.11. The van der Waals surface area contributed by atoms with Crippen LogP contribution in [0.25, 0.3) is 0 Å². The Hall–Kier alpha value is -0.940. The zero-order valence-electron chi connectivity index (χ0n) is 9.89. The van der Waals surface area contributed by atoms with E-state index in [1.807, 2.05) is 50.4 Å². The van der Waals surface area contributed by atoms with E-state index in [1.165, 1.54) is 0 Å². The second-order valence-corrected chi connectivity index (χ2v) is 4.77. The van der Waals surface area contributed by atoms with Crippen LogP contribution in [0.15, 0.2) is 39.1 Å². The Kier molecular flexibility index (Phi) is 5.42. The van der Waals surface area contributed by atoms with Crippen LogP contribution in [-0.4, -0.2) is 44.1 Å². The molecule has 1 aromatic carbocycles. The summed E-state index contributed by atoms with van der Waals surface area (Å²) >= 11 is 3.38. The molecule has 1 aromatic rings. The van der Waals surface area contributed by atoms with Gasteiger partial charge in [0.25, 0.3) is 0 Å². The highest BCUT2D eigenvalue weighted by Crippen LogP contribution is 2.17. The third-order valence-corrected chi connectivity index (χ3v) is 2.54. The van der Waals surface area contributed by atoms with E-state index >= 15 is 0 Å². The number of benzene rings is 1. The molecular weight excluding hydrogens is 268 g/mol. The van der Waals surface area contributed by atoms with Gasteiger partial charge in [-0.05, 0) is 38.4 Å². The van der Waals surface area contributed by atoms with Gasteiger partial charge < -0.3 is 4.90 Å². The average molecular weight is 285 g/mol. The first kappa shape index (κ1) is 13.1. The van der Waals surface area contributed by atoms with Crippen LogP contribution in [0.1, 0.15) is 0 Å². The molecule has 0 heterocycles. The normalized spacial score (nSPS) is 11.3. The van der Waals surface area contributed by atoms with Crippen molar-refractivity contribution in [3.05, 3.63) is 28.7 Å². The lowest BCUT2D eigenvalue weighted by atomic mass is 10.3. The summed E-state index contributed by atoms with van der Waals surface area (Å²) in [6, 6.07) is 7.75. The summed E-state index contributed by atoms with van der Waals surface area (Å²) in [5, 5.41) is 10.1. The van der Waals surface area contributed by atoms with Gasteiger partial charge in [0.15, 0.2) is 0 Å². The second-order valence-electron chi connectivity index (χ2n) is 3.85. The monoisotopic (exact) mass is 284 g/mol. The SMILES string of the molecule is CN(C)CCN(C)N=Nc1ccc(Br)cc1. The van der Waals surface area contributed by atoms with E-state index < -0.39 is 0 Å². The Morgan fingerprint density at radius 3 is 2.25 bits per heavy atom. The molecule has 0 amide bonds. The van der Waals surface area contributed by atoms with Crippen LogP contribution in [0.5, 0.6) is 0 Å². The molecule has 0 atom stereocenters. The molecule has 88 valence electrons. The molecule has 16 heavy (non-hydrogen) atoms.